The normalized spacial score (nSPS) is 15.7. The standard InChI is InChI=1S/C14H25NO3/c1-10(2)12(16)8-9-15(11-6-7-11)13(17)18-14(3,4)5/h10-11H,6-9H2,1-5H3. The SMILES string of the molecule is CC(C)C(=O)CCN(C(=O)OC(C)(C)C)C1CC1. The summed E-state index contributed by atoms with van der Waals surface area (Å²) in [5.41, 5.74) is -0.480. The first-order chi connectivity index (χ1) is 8.20. The molecule has 0 aromatic carbocycles. The van der Waals surface area contributed by atoms with Crippen LogP contribution in [0.1, 0.15) is 53.9 Å². The van der Waals surface area contributed by atoms with E-state index in [9.17, 15) is 9.59 Å². The number of amides is 1. The van der Waals surface area contributed by atoms with Crippen molar-refractivity contribution in [3.8, 4) is 0 Å². The van der Waals surface area contributed by atoms with Crippen LogP contribution in [0.4, 0.5) is 4.79 Å². The molecule has 0 atom stereocenters. The van der Waals surface area contributed by atoms with Gasteiger partial charge in [-0.05, 0) is 33.6 Å². The van der Waals surface area contributed by atoms with Crippen molar-refractivity contribution in [2.45, 2.75) is 65.5 Å². The van der Waals surface area contributed by atoms with Crippen LogP contribution in [0, 0.1) is 5.92 Å². The van der Waals surface area contributed by atoms with Crippen LogP contribution in [-0.4, -0.2) is 35.0 Å². The highest BCUT2D eigenvalue weighted by molar-refractivity contribution is 5.81. The molecule has 0 aromatic heterocycles. The van der Waals surface area contributed by atoms with Crippen molar-refractivity contribution in [1.29, 1.82) is 0 Å². The summed E-state index contributed by atoms with van der Waals surface area (Å²) in [6, 6.07) is 0.278. The predicted octanol–water partition coefficient (Wildman–Crippen LogP) is 3.00. The molecule has 0 bridgehead atoms. The summed E-state index contributed by atoms with van der Waals surface area (Å²) in [4.78, 5) is 25.3. The van der Waals surface area contributed by atoms with E-state index in [0.717, 1.165) is 12.8 Å². The molecule has 1 fully saturated rings. The fraction of sp³-hybridized carbons (Fsp3) is 0.857. The molecule has 0 spiro atoms. The molecule has 104 valence electrons. The molecule has 0 unspecified atom stereocenters. The number of rotatable bonds is 5. The highest BCUT2D eigenvalue weighted by atomic mass is 16.6. The van der Waals surface area contributed by atoms with Gasteiger partial charge < -0.3 is 9.64 Å². The number of nitrogens with zero attached hydrogens (tertiary/aromatic N) is 1. The number of carbonyl (C=O) groups excluding carboxylic acids is 2. The van der Waals surface area contributed by atoms with Crippen LogP contribution in [0.25, 0.3) is 0 Å². The Bertz CT molecular complexity index is 313. The third kappa shape index (κ3) is 5.07. The average Bonchev–Trinajstić information content (AvgIpc) is 2.98. The minimum Gasteiger partial charge on any atom is -0.444 e. The van der Waals surface area contributed by atoms with Gasteiger partial charge in [-0.2, -0.15) is 0 Å². The minimum absolute atomic E-state index is 0.0321. The number of hydrogen-bond donors (Lipinski definition) is 0. The number of carbonyl (C=O) groups is 2. The summed E-state index contributed by atoms with van der Waals surface area (Å²) < 4.78 is 5.37. The first-order valence-corrected chi connectivity index (χ1v) is 6.73. The van der Waals surface area contributed by atoms with Gasteiger partial charge in [0.25, 0.3) is 0 Å². The number of Topliss-reactive ketones (excluding diaryl/α,β-unsaturated/α-hetero) is 1. The Kier molecular flexibility index (Phi) is 4.77. The van der Waals surface area contributed by atoms with Gasteiger partial charge in [0.05, 0.1) is 0 Å². The van der Waals surface area contributed by atoms with Crippen LogP contribution >= 0.6 is 0 Å². The second kappa shape index (κ2) is 5.72. The van der Waals surface area contributed by atoms with Crippen LogP contribution in [0.15, 0.2) is 0 Å². The van der Waals surface area contributed by atoms with Crippen LogP contribution in [0.3, 0.4) is 0 Å². The third-order valence-corrected chi connectivity index (χ3v) is 2.86. The van der Waals surface area contributed by atoms with E-state index in [1.165, 1.54) is 0 Å². The Morgan fingerprint density at radius 1 is 1.28 bits per heavy atom. The molecule has 0 heterocycles. The summed E-state index contributed by atoms with van der Waals surface area (Å²) in [6.07, 6.45) is 2.18. The van der Waals surface area contributed by atoms with Gasteiger partial charge in [-0.15, -0.1) is 0 Å². The molecule has 0 N–H and O–H groups in total. The fourth-order valence-electron chi connectivity index (χ4n) is 1.65. The molecule has 1 aliphatic rings. The Labute approximate surface area is 110 Å². The van der Waals surface area contributed by atoms with E-state index in [0.29, 0.717) is 13.0 Å². The summed E-state index contributed by atoms with van der Waals surface area (Å²) in [6.45, 7) is 9.82. The second-order valence-corrected chi connectivity index (χ2v) is 6.28. The molecular formula is C14H25NO3. The van der Waals surface area contributed by atoms with E-state index >= 15 is 0 Å². The molecule has 0 radical (unpaired) electrons. The molecule has 1 aliphatic carbocycles. The second-order valence-electron chi connectivity index (χ2n) is 6.28. The van der Waals surface area contributed by atoms with Crippen molar-refractivity contribution < 1.29 is 14.3 Å². The zero-order valence-electron chi connectivity index (χ0n) is 12.2. The van der Waals surface area contributed by atoms with Crippen LogP contribution < -0.4 is 0 Å². The van der Waals surface area contributed by atoms with Gasteiger partial charge in [-0.25, -0.2) is 4.79 Å². The lowest BCUT2D eigenvalue weighted by Crippen LogP contribution is -2.39. The quantitative estimate of drug-likeness (QED) is 0.758. The maximum Gasteiger partial charge on any atom is 0.410 e. The maximum atomic E-state index is 12.0. The lowest BCUT2D eigenvalue weighted by molar-refractivity contribution is -0.122. The molecule has 0 aliphatic heterocycles. The van der Waals surface area contributed by atoms with E-state index in [4.69, 9.17) is 4.74 Å². The van der Waals surface area contributed by atoms with E-state index in [-0.39, 0.29) is 23.8 Å². The Morgan fingerprint density at radius 3 is 2.22 bits per heavy atom. The first-order valence-electron chi connectivity index (χ1n) is 6.73. The maximum absolute atomic E-state index is 12.0. The summed E-state index contributed by atoms with van der Waals surface area (Å²) >= 11 is 0. The highest BCUT2D eigenvalue weighted by Gasteiger charge is 2.35. The van der Waals surface area contributed by atoms with Crippen LogP contribution in [0.2, 0.25) is 0 Å². The zero-order chi connectivity index (χ0) is 13.9. The van der Waals surface area contributed by atoms with Crippen LogP contribution in [0.5, 0.6) is 0 Å². The minimum atomic E-state index is -0.480. The highest BCUT2D eigenvalue weighted by Crippen LogP contribution is 2.28. The van der Waals surface area contributed by atoms with E-state index in [1.807, 2.05) is 34.6 Å². The van der Waals surface area contributed by atoms with Gasteiger partial charge in [-0.3, -0.25) is 4.79 Å². The molecule has 0 saturated heterocycles. The number of ether oxygens (including phenoxy) is 1. The van der Waals surface area contributed by atoms with Gasteiger partial charge in [0, 0.05) is 24.9 Å². The van der Waals surface area contributed by atoms with Gasteiger partial charge in [0.15, 0.2) is 0 Å². The van der Waals surface area contributed by atoms with Crippen molar-refractivity contribution >= 4 is 11.9 Å². The van der Waals surface area contributed by atoms with E-state index in [2.05, 4.69) is 0 Å². The number of ketones is 1. The number of hydrogen-bond acceptors (Lipinski definition) is 3. The first kappa shape index (κ1) is 15.0. The Balaban J connectivity index is 2.50. The summed E-state index contributed by atoms with van der Waals surface area (Å²) in [5, 5.41) is 0. The smallest absolute Gasteiger partial charge is 0.410 e. The van der Waals surface area contributed by atoms with Crippen molar-refractivity contribution in [2.24, 2.45) is 5.92 Å². The molecule has 4 nitrogen and oxygen atoms in total. The van der Waals surface area contributed by atoms with Gasteiger partial charge >= 0.3 is 6.09 Å². The van der Waals surface area contributed by atoms with Crippen molar-refractivity contribution in [1.82, 2.24) is 4.90 Å². The zero-order valence-corrected chi connectivity index (χ0v) is 12.2. The molecule has 4 heteroatoms. The van der Waals surface area contributed by atoms with Crippen molar-refractivity contribution in [3.63, 3.8) is 0 Å². The Morgan fingerprint density at radius 2 is 1.83 bits per heavy atom. The molecule has 1 saturated carbocycles. The molecule has 1 amide bonds. The molecule has 0 aromatic rings. The molecular weight excluding hydrogens is 230 g/mol. The van der Waals surface area contributed by atoms with Crippen LogP contribution in [-0.2, 0) is 9.53 Å². The summed E-state index contributed by atoms with van der Waals surface area (Å²) in [7, 11) is 0. The van der Waals surface area contributed by atoms with Gasteiger partial charge in [-0.1, -0.05) is 13.8 Å². The molecule has 18 heavy (non-hydrogen) atoms. The lowest BCUT2D eigenvalue weighted by atomic mass is 10.1. The Hall–Kier alpha value is -1.06. The lowest BCUT2D eigenvalue weighted by Gasteiger charge is -2.27. The summed E-state index contributed by atoms with van der Waals surface area (Å²) in [5.74, 6) is 0.230. The van der Waals surface area contributed by atoms with Crippen molar-refractivity contribution in [3.05, 3.63) is 0 Å². The third-order valence-electron chi connectivity index (χ3n) is 2.86. The monoisotopic (exact) mass is 255 g/mol. The van der Waals surface area contributed by atoms with E-state index in [1.54, 1.807) is 4.90 Å². The topological polar surface area (TPSA) is 46.6 Å². The predicted molar refractivity (Wildman–Crippen MR) is 70.4 cm³/mol. The van der Waals surface area contributed by atoms with Crippen molar-refractivity contribution in [2.75, 3.05) is 6.54 Å². The molecule has 1 rings (SSSR count). The fourth-order valence-corrected chi connectivity index (χ4v) is 1.65. The van der Waals surface area contributed by atoms with Gasteiger partial charge in [0.2, 0.25) is 0 Å². The average molecular weight is 255 g/mol. The largest absolute Gasteiger partial charge is 0.444 e. The van der Waals surface area contributed by atoms with Gasteiger partial charge in [0.1, 0.15) is 11.4 Å². The van der Waals surface area contributed by atoms with E-state index < -0.39 is 5.60 Å².